The Kier molecular flexibility index (Phi) is 4.42. The first kappa shape index (κ1) is 12.1. The van der Waals surface area contributed by atoms with E-state index in [2.05, 4.69) is 36.0 Å². The molecule has 16 heavy (non-hydrogen) atoms. The van der Waals surface area contributed by atoms with Crippen LogP contribution in [-0.2, 0) is 0 Å². The zero-order valence-corrected chi connectivity index (χ0v) is 11.2. The Bertz CT molecular complexity index is 294. The second-order valence-electron chi connectivity index (χ2n) is 5.21. The van der Waals surface area contributed by atoms with E-state index in [1.807, 2.05) is 0 Å². The predicted molar refractivity (Wildman–Crippen MR) is 71.9 cm³/mol. The summed E-state index contributed by atoms with van der Waals surface area (Å²) in [6.07, 6.45) is 5.73. The standard InChI is InChI=1S/C14H23NS/c1-11-5-3-4-6-13(11)9-15-12(2)14-7-8-16-10-14/h7-8,10-13,15H,3-6,9H2,1-2H3. The molecule has 0 spiro atoms. The van der Waals surface area contributed by atoms with Gasteiger partial charge in [0, 0.05) is 6.04 Å². The molecule has 1 heterocycles. The van der Waals surface area contributed by atoms with E-state index in [0.29, 0.717) is 6.04 Å². The fraction of sp³-hybridized carbons (Fsp3) is 0.714. The van der Waals surface area contributed by atoms with E-state index >= 15 is 0 Å². The van der Waals surface area contributed by atoms with Crippen LogP contribution >= 0.6 is 11.3 Å². The third-order valence-electron chi connectivity index (χ3n) is 4.02. The molecule has 1 nitrogen and oxygen atoms in total. The normalized spacial score (nSPS) is 27.9. The van der Waals surface area contributed by atoms with Crippen molar-refractivity contribution in [1.82, 2.24) is 5.32 Å². The molecule has 1 aromatic heterocycles. The molecular formula is C14H23NS. The summed E-state index contributed by atoms with van der Waals surface area (Å²) in [4.78, 5) is 0. The maximum absolute atomic E-state index is 3.69. The summed E-state index contributed by atoms with van der Waals surface area (Å²) < 4.78 is 0. The van der Waals surface area contributed by atoms with E-state index in [0.717, 1.165) is 11.8 Å². The van der Waals surface area contributed by atoms with Crippen LogP contribution in [0.15, 0.2) is 16.8 Å². The van der Waals surface area contributed by atoms with E-state index in [-0.39, 0.29) is 0 Å². The molecule has 0 bridgehead atoms. The van der Waals surface area contributed by atoms with Gasteiger partial charge in [0.25, 0.3) is 0 Å². The van der Waals surface area contributed by atoms with E-state index in [1.54, 1.807) is 11.3 Å². The van der Waals surface area contributed by atoms with Crippen LogP contribution in [0.3, 0.4) is 0 Å². The Labute approximate surface area is 103 Å². The van der Waals surface area contributed by atoms with Crippen LogP contribution in [0.25, 0.3) is 0 Å². The highest BCUT2D eigenvalue weighted by atomic mass is 32.1. The van der Waals surface area contributed by atoms with Crippen molar-refractivity contribution in [2.75, 3.05) is 6.54 Å². The van der Waals surface area contributed by atoms with E-state index < -0.39 is 0 Å². The molecule has 3 atom stereocenters. The number of rotatable bonds is 4. The molecule has 2 rings (SSSR count). The predicted octanol–water partition coefficient (Wildman–Crippen LogP) is 4.23. The number of hydrogen-bond acceptors (Lipinski definition) is 2. The minimum absolute atomic E-state index is 0.514. The molecule has 1 aliphatic carbocycles. The van der Waals surface area contributed by atoms with E-state index in [9.17, 15) is 0 Å². The van der Waals surface area contributed by atoms with Gasteiger partial charge < -0.3 is 5.32 Å². The topological polar surface area (TPSA) is 12.0 Å². The summed E-state index contributed by atoms with van der Waals surface area (Å²) in [5, 5.41) is 8.11. The summed E-state index contributed by atoms with van der Waals surface area (Å²) in [6, 6.07) is 2.74. The zero-order valence-electron chi connectivity index (χ0n) is 10.4. The first-order valence-corrected chi connectivity index (χ1v) is 7.47. The Hall–Kier alpha value is -0.340. The van der Waals surface area contributed by atoms with E-state index in [4.69, 9.17) is 0 Å². The smallest absolute Gasteiger partial charge is 0.0300 e. The van der Waals surface area contributed by atoms with Crippen LogP contribution in [0.5, 0.6) is 0 Å². The van der Waals surface area contributed by atoms with Gasteiger partial charge in [-0.05, 0) is 54.1 Å². The molecule has 3 unspecified atom stereocenters. The van der Waals surface area contributed by atoms with Gasteiger partial charge in [0.15, 0.2) is 0 Å². The maximum Gasteiger partial charge on any atom is 0.0300 e. The second-order valence-corrected chi connectivity index (χ2v) is 5.99. The average Bonchev–Trinajstić information content (AvgIpc) is 2.81. The van der Waals surface area contributed by atoms with Gasteiger partial charge in [-0.2, -0.15) is 11.3 Å². The van der Waals surface area contributed by atoms with Gasteiger partial charge in [-0.3, -0.25) is 0 Å². The monoisotopic (exact) mass is 237 g/mol. The third-order valence-corrected chi connectivity index (χ3v) is 4.72. The molecule has 1 saturated carbocycles. The Morgan fingerprint density at radius 1 is 1.44 bits per heavy atom. The molecule has 0 aliphatic heterocycles. The minimum atomic E-state index is 0.514. The lowest BCUT2D eigenvalue weighted by Gasteiger charge is -2.30. The summed E-state index contributed by atoms with van der Waals surface area (Å²) in [5.74, 6) is 1.81. The summed E-state index contributed by atoms with van der Waals surface area (Å²) in [7, 11) is 0. The van der Waals surface area contributed by atoms with Gasteiger partial charge in [0.1, 0.15) is 0 Å². The Morgan fingerprint density at radius 2 is 2.25 bits per heavy atom. The first-order valence-electron chi connectivity index (χ1n) is 6.53. The SMILES string of the molecule is CC(NCC1CCCCC1C)c1ccsc1. The fourth-order valence-electron chi connectivity index (χ4n) is 2.66. The molecule has 0 saturated heterocycles. The van der Waals surface area contributed by atoms with Crippen LogP contribution in [-0.4, -0.2) is 6.54 Å². The summed E-state index contributed by atoms with van der Waals surface area (Å²) in [5.41, 5.74) is 1.44. The van der Waals surface area contributed by atoms with Crippen molar-refractivity contribution in [1.29, 1.82) is 0 Å². The van der Waals surface area contributed by atoms with Crippen LogP contribution in [0.4, 0.5) is 0 Å². The first-order chi connectivity index (χ1) is 7.77. The lowest BCUT2D eigenvalue weighted by atomic mass is 9.80. The van der Waals surface area contributed by atoms with Crippen molar-refractivity contribution in [3.63, 3.8) is 0 Å². The van der Waals surface area contributed by atoms with Gasteiger partial charge in [-0.25, -0.2) is 0 Å². The third kappa shape index (κ3) is 3.08. The molecule has 2 heteroatoms. The second kappa shape index (κ2) is 5.83. The lowest BCUT2D eigenvalue weighted by molar-refractivity contribution is 0.242. The van der Waals surface area contributed by atoms with Crippen molar-refractivity contribution in [2.45, 2.75) is 45.6 Å². The highest BCUT2D eigenvalue weighted by Crippen LogP contribution is 2.29. The number of nitrogens with one attached hydrogen (secondary N) is 1. The molecular weight excluding hydrogens is 214 g/mol. The van der Waals surface area contributed by atoms with E-state index in [1.165, 1.54) is 37.8 Å². The highest BCUT2D eigenvalue weighted by molar-refractivity contribution is 7.07. The van der Waals surface area contributed by atoms with Crippen molar-refractivity contribution in [3.05, 3.63) is 22.4 Å². The van der Waals surface area contributed by atoms with Gasteiger partial charge in [0.2, 0.25) is 0 Å². The van der Waals surface area contributed by atoms with Crippen LogP contribution < -0.4 is 5.32 Å². The molecule has 0 aromatic carbocycles. The fourth-order valence-corrected chi connectivity index (χ4v) is 3.42. The maximum atomic E-state index is 3.69. The average molecular weight is 237 g/mol. The molecule has 0 radical (unpaired) electrons. The van der Waals surface area contributed by atoms with Crippen LogP contribution in [0.1, 0.15) is 51.1 Å². The van der Waals surface area contributed by atoms with Crippen LogP contribution in [0.2, 0.25) is 0 Å². The quantitative estimate of drug-likeness (QED) is 0.826. The number of hydrogen-bond donors (Lipinski definition) is 1. The lowest BCUT2D eigenvalue weighted by Crippen LogP contribution is -2.30. The van der Waals surface area contributed by atoms with Gasteiger partial charge in [-0.1, -0.05) is 26.2 Å². The van der Waals surface area contributed by atoms with Gasteiger partial charge >= 0.3 is 0 Å². The summed E-state index contributed by atoms with van der Waals surface area (Å²) in [6.45, 7) is 5.88. The van der Waals surface area contributed by atoms with Crippen molar-refractivity contribution in [3.8, 4) is 0 Å². The molecule has 90 valence electrons. The minimum Gasteiger partial charge on any atom is -0.310 e. The Balaban J connectivity index is 1.78. The molecule has 1 fully saturated rings. The number of thiophene rings is 1. The van der Waals surface area contributed by atoms with Gasteiger partial charge in [0.05, 0.1) is 0 Å². The molecule has 1 aliphatic rings. The van der Waals surface area contributed by atoms with Crippen molar-refractivity contribution >= 4 is 11.3 Å². The van der Waals surface area contributed by atoms with Crippen molar-refractivity contribution in [2.24, 2.45) is 11.8 Å². The molecule has 0 amide bonds. The largest absolute Gasteiger partial charge is 0.310 e. The van der Waals surface area contributed by atoms with Crippen molar-refractivity contribution < 1.29 is 0 Å². The zero-order chi connectivity index (χ0) is 11.4. The summed E-state index contributed by atoms with van der Waals surface area (Å²) >= 11 is 1.79. The van der Waals surface area contributed by atoms with Crippen LogP contribution in [0, 0.1) is 11.8 Å². The van der Waals surface area contributed by atoms with Gasteiger partial charge in [-0.15, -0.1) is 0 Å². The highest BCUT2D eigenvalue weighted by Gasteiger charge is 2.21. The molecule has 1 aromatic rings. The Morgan fingerprint density at radius 3 is 2.94 bits per heavy atom. The molecule has 1 N–H and O–H groups in total.